The highest BCUT2D eigenvalue weighted by Crippen LogP contribution is 2.67. The highest BCUT2D eigenvalue weighted by molar-refractivity contribution is 5.96. The Morgan fingerprint density at radius 1 is 1.09 bits per heavy atom. The molecule has 1 N–H and O–H groups in total. The van der Waals surface area contributed by atoms with Crippen LogP contribution in [0.2, 0.25) is 0 Å². The molecule has 33 heavy (non-hydrogen) atoms. The molecule has 3 fully saturated rings. The van der Waals surface area contributed by atoms with E-state index in [2.05, 4.69) is 45.9 Å². The van der Waals surface area contributed by atoms with Crippen LogP contribution in [-0.4, -0.2) is 23.4 Å². The summed E-state index contributed by atoms with van der Waals surface area (Å²) in [7, 11) is 0. The third kappa shape index (κ3) is 4.78. The summed E-state index contributed by atoms with van der Waals surface area (Å²) in [5.74, 6) is 4.21. The van der Waals surface area contributed by atoms with Crippen molar-refractivity contribution in [2.24, 2.45) is 51.5 Å². The Bertz CT molecular complexity index is 786. The van der Waals surface area contributed by atoms with Gasteiger partial charge in [-0.05, 0) is 104 Å². The normalized spacial score (nSPS) is 40.1. The number of fused-ring (bicyclic) bond motifs is 5. The first kappa shape index (κ1) is 24.8. The lowest BCUT2D eigenvalue weighted by molar-refractivity contribution is -0.142. The standard InChI is InChI=1S/C29H47NO3/c1-19(2)7-6-8-20(3)24-11-12-25-23-10-9-21-17-22(30-33-18-27(31)32)13-15-28(21,4)26(23)14-16-29(24,25)5/h17,19-20,23-26H,6-16,18H2,1-5H3,(H,31,32)/b30-22-/t20-,23?,24-,25?,26?,28+,29-/m1/s1. The highest BCUT2D eigenvalue weighted by Gasteiger charge is 2.59. The molecule has 0 radical (unpaired) electrons. The fourth-order valence-electron chi connectivity index (χ4n) is 8.84. The van der Waals surface area contributed by atoms with Crippen molar-refractivity contribution in [2.45, 2.75) is 105 Å². The van der Waals surface area contributed by atoms with Crippen molar-refractivity contribution in [1.29, 1.82) is 0 Å². The maximum atomic E-state index is 10.7. The number of carbonyl (C=O) groups is 1. The van der Waals surface area contributed by atoms with Gasteiger partial charge in [0.2, 0.25) is 6.61 Å². The molecule has 0 heterocycles. The molecule has 0 aliphatic heterocycles. The molecule has 4 rings (SSSR count). The zero-order chi connectivity index (χ0) is 23.8. The summed E-state index contributed by atoms with van der Waals surface area (Å²) < 4.78 is 0. The molecule has 0 aromatic heterocycles. The summed E-state index contributed by atoms with van der Waals surface area (Å²) in [4.78, 5) is 15.8. The maximum absolute atomic E-state index is 10.7. The van der Waals surface area contributed by atoms with Crippen LogP contribution in [0, 0.1) is 46.3 Å². The molecule has 0 spiro atoms. The Kier molecular flexibility index (Phi) is 7.32. The molecule has 0 bridgehead atoms. The summed E-state index contributed by atoms with van der Waals surface area (Å²) in [5.41, 5.74) is 3.31. The van der Waals surface area contributed by atoms with Gasteiger partial charge < -0.3 is 9.94 Å². The molecule has 4 aliphatic rings. The van der Waals surface area contributed by atoms with E-state index in [4.69, 9.17) is 9.94 Å². The predicted molar refractivity (Wildman–Crippen MR) is 134 cm³/mol. The van der Waals surface area contributed by atoms with Crippen LogP contribution in [0.1, 0.15) is 105 Å². The van der Waals surface area contributed by atoms with Gasteiger partial charge in [0.05, 0.1) is 5.71 Å². The van der Waals surface area contributed by atoms with Gasteiger partial charge >= 0.3 is 5.97 Å². The second kappa shape index (κ2) is 9.74. The van der Waals surface area contributed by atoms with Crippen LogP contribution in [0.25, 0.3) is 0 Å². The van der Waals surface area contributed by atoms with Crippen LogP contribution in [0.3, 0.4) is 0 Å². The third-order valence-electron chi connectivity index (χ3n) is 10.5. The van der Waals surface area contributed by atoms with E-state index >= 15 is 0 Å². The summed E-state index contributed by atoms with van der Waals surface area (Å²) in [6, 6.07) is 0. The van der Waals surface area contributed by atoms with E-state index in [1.165, 1.54) is 57.8 Å². The SMILES string of the molecule is CC(C)CCC[C@@H](C)[C@H]1CCC2C3CCC4=C/C(=N\OCC(=O)O)CC[C@]4(C)C3CC[C@@]21C. The van der Waals surface area contributed by atoms with Gasteiger partial charge in [0.25, 0.3) is 0 Å². The molecule has 0 amide bonds. The number of hydrogen-bond acceptors (Lipinski definition) is 3. The number of hydrogen-bond donors (Lipinski definition) is 1. The molecule has 0 aromatic carbocycles. The lowest BCUT2D eigenvalue weighted by Crippen LogP contribution is -2.51. The largest absolute Gasteiger partial charge is 0.479 e. The lowest BCUT2D eigenvalue weighted by Gasteiger charge is -2.58. The number of allylic oxidation sites excluding steroid dienone is 2. The highest BCUT2D eigenvalue weighted by atomic mass is 16.6. The molecular weight excluding hydrogens is 410 g/mol. The quantitative estimate of drug-likeness (QED) is 0.384. The van der Waals surface area contributed by atoms with E-state index in [1.54, 1.807) is 5.57 Å². The van der Waals surface area contributed by atoms with Gasteiger partial charge in [0.15, 0.2) is 0 Å². The molecular formula is C29H47NO3. The Balaban J connectivity index is 1.45. The van der Waals surface area contributed by atoms with Crippen LogP contribution < -0.4 is 0 Å². The number of rotatable bonds is 8. The number of oxime groups is 1. The van der Waals surface area contributed by atoms with Crippen molar-refractivity contribution in [3.05, 3.63) is 11.6 Å². The minimum Gasteiger partial charge on any atom is -0.479 e. The van der Waals surface area contributed by atoms with Gasteiger partial charge in [-0.3, -0.25) is 0 Å². The summed E-state index contributed by atoms with van der Waals surface area (Å²) in [6.45, 7) is 12.1. The molecule has 3 unspecified atom stereocenters. The first-order valence-corrected chi connectivity index (χ1v) is 13.8. The Labute approximate surface area is 201 Å². The van der Waals surface area contributed by atoms with Gasteiger partial charge in [0, 0.05) is 0 Å². The van der Waals surface area contributed by atoms with Gasteiger partial charge in [-0.1, -0.05) is 64.6 Å². The third-order valence-corrected chi connectivity index (χ3v) is 10.5. The van der Waals surface area contributed by atoms with E-state index in [-0.39, 0.29) is 12.0 Å². The van der Waals surface area contributed by atoms with E-state index in [9.17, 15) is 4.79 Å². The van der Waals surface area contributed by atoms with Gasteiger partial charge in [-0.2, -0.15) is 0 Å². The number of nitrogens with zero attached hydrogens (tertiary/aromatic N) is 1. The van der Waals surface area contributed by atoms with Crippen molar-refractivity contribution in [1.82, 2.24) is 0 Å². The van der Waals surface area contributed by atoms with E-state index < -0.39 is 5.97 Å². The minimum absolute atomic E-state index is 0.289. The van der Waals surface area contributed by atoms with Crippen LogP contribution in [-0.2, 0) is 9.63 Å². The molecule has 0 aromatic rings. The van der Waals surface area contributed by atoms with Gasteiger partial charge in [0.1, 0.15) is 0 Å². The minimum atomic E-state index is -0.970. The Morgan fingerprint density at radius 2 is 1.88 bits per heavy atom. The van der Waals surface area contributed by atoms with E-state index in [1.807, 2.05) is 0 Å². The van der Waals surface area contributed by atoms with E-state index in [0.29, 0.717) is 5.41 Å². The monoisotopic (exact) mass is 457 g/mol. The molecule has 4 aliphatic carbocycles. The summed E-state index contributed by atoms with van der Waals surface area (Å²) in [5, 5.41) is 12.9. The number of aliphatic carboxylic acids is 1. The van der Waals surface area contributed by atoms with Gasteiger partial charge in [-0.25, -0.2) is 4.79 Å². The van der Waals surface area contributed by atoms with Crippen molar-refractivity contribution in [3.8, 4) is 0 Å². The van der Waals surface area contributed by atoms with Crippen molar-refractivity contribution < 1.29 is 14.7 Å². The van der Waals surface area contributed by atoms with E-state index in [0.717, 1.165) is 54.1 Å². The fraction of sp³-hybridized carbons (Fsp3) is 0.862. The molecule has 4 heteroatoms. The first-order chi connectivity index (χ1) is 15.6. The zero-order valence-corrected chi connectivity index (χ0v) is 21.7. The number of carboxylic acids is 1. The average Bonchev–Trinajstić information content (AvgIpc) is 3.10. The van der Waals surface area contributed by atoms with Crippen molar-refractivity contribution in [2.75, 3.05) is 6.61 Å². The fourth-order valence-corrected chi connectivity index (χ4v) is 8.84. The van der Waals surface area contributed by atoms with Crippen LogP contribution in [0.4, 0.5) is 0 Å². The Hall–Kier alpha value is -1.32. The first-order valence-electron chi connectivity index (χ1n) is 13.8. The van der Waals surface area contributed by atoms with Crippen LogP contribution in [0.5, 0.6) is 0 Å². The zero-order valence-electron chi connectivity index (χ0n) is 21.7. The molecule has 3 saturated carbocycles. The average molecular weight is 458 g/mol. The van der Waals surface area contributed by atoms with Crippen molar-refractivity contribution in [3.63, 3.8) is 0 Å². The smallest absolute Gasteiger partial charge is 0.344 e. The van der Waals surface area contributed by atoms with Crippen LogP contribution in [0.15, 0.2) is 16.8 Å². The second-order valence-corrected chi connectivity index (χ2v) is 12.8. The number of carboxylic acid groups (broad SMARTS) is 1. The maximum Gasteiger partial charge on any atom is 0.344 e. The lowest BCUT2D eigenvalue weighted by atomic mass is 9.46. The van der Waals surface area contributed by atoms with Crippen LogP contribution >= 0.6 is 0 Å². The molecule has 4 nitrogen and oxygen atoms in total. The summed E-state index contributed by atoms with van der Waals surface area (Å²) in [6.07, 6.45) is 16.7. The van der Waals surface area contributed by atoms with Crippen molar-refractivity contribution >= 4 is 11.7 Å². The summed E-state index contributed by atoms with van der Waals surface area (Å²) >= 11 is 0. The second-order valence-electron chi connectivity index (χ2n) is 12.8. The molecule has 7 atom stereocenters. The molecule has 186 valence electrons. The van der Waals surface area contributed by atoms with Gasteiger partial charge in [-0.15, -0.1) is 0 Å². The predicted octanol–water partition coefficient (Wildman–Crippen LogP) is 7.49. The topological polar surface area (TPSA) is 58.9 Å². The Morgan fingerprint density at radius 3 is 2.61 bits per heavy atom. The molecule has 0 saturated heterocycles.